The number of ether oxygens (including phenoxy) is 1. The van der Waals surface area contributed by atoms with E-state index in [9.17, 15) is 4.79 Å². The number of urea groups is 1. The van der Waals surface area contributed by atoms with Crippen LogP contribution < -0.4 is 15.4 Å². The average molecular weight is 294 g/mol. The maximum atomic E-state index is 11.9. The van der Waals surface area contributed by atoms with Crippen LogP contribution in [-0.2, 0) is 0 Å². The van der Waals surface area contributed by atoms with Crippen molar-refractivity contribution in [2.45, 2.75) is 33.2 Å². The quantitative estimate of drug-likeness (QED) is 0.723. The monoisotopic (exact) mass is 294 g/mol. The summed E-state index contributed by atoms with van der Waals surface area (Å²) in [4.78, 5) is 11.9. The molecule has 118 valence electrons. The molecular formula is C16H26N2O3. The second-order valence-electron chi connectivity index (χ2n) is 5.44. The molecule has 0 spiro atoms. The van der Waals surface area contributed by atoms with E-state index in [4.69, 9.17) is 9.84 Å². The van der Waals surface area contributed by atoms with Crippen LogP contribution in [0, 0.1) is 12.8 Å². The van der Waals surface area contributed by atoms with Crippen LogP contribution in [0.5, 0.6) is 5.75 Å². The Kier molecular flexibility index (Phi) is 7.02. The minimum absolute atomic E-state index is 0.140. The Labute approximate surface area is 126 Å². The minimum atomic E-state index is -0.212. The van der Waals surface area contributed by atoms with Gasteiger partial charge in [-0.15, -0.1) is 0 Å². The maximum Gasteiger partial charge on any atom is 0.315 e. The van der Waals surface area contributed by atoms with Crippen LogP contribution in [0.2, 0.25) is 0 Å². The number of carbonyl (C=O) groups is 1. The standard InChI is InChI=1S/C16H26N2O3/c1-11-5-6-15(21-4)14(9-11)13(3)18-16(20)17-10-12(2)7-8-19/h5-6,9,12-13,19H,7-8,10H2,1-4H3,(H2,17,18,20). The predicted octanol–water partition coefficient (Wildman–Crippen LogP) is 2.38. The van der Waals surface area contributed by atoms with Crippen LogP contribution >= 0.6 is 0 Å². The van der Waals surface area contributed by atoms with E-state index >= 15 is 0 Å². The molecule has 5 heteroatoms. The smallest absolute Gasteiger partial charge is 0.315 e. The summed E-state index contributed by atoms with van der Waals surface area (Å²) >= 11 is 0. The number of hydrogen-bond acceptors (Lipinski definition) is 3. The molecule has 0 fully saturated rings. The molecule has 0 aliphatic heterocycles. The van der Waals surface area contributed by atoms with Gasteiger partial charge in [-0.05, 0) is 32.3 Å². The van der Waals surface area contributed by atoms with Crippen molar-refractivity contribution in [1.29, 1.82) is 0 Å². The van der Waals surface area contributed by atoms with Gasteiger partial charge >= 0.3 is 6.03 Å². The zero-order chi connectivity index (χ0) is 15.8. The Morgan fingerprint density at radius 1 is 1.38 bits per heavy atom. The van der Waals surface area contributed by atoms with Crippen LogP contribution in [0.15, 0.2) is 18.2 Å². The summed E-state index contributed by atoms with van der Waals surface area (Å²) in [5.74, 6) is 1.02. The van der Waals surface area contributed by atoms with Gasteiger partial charge < -0.3 is 20.5 Å². The fourth-order valence-corrected chi connectivity index (χ4v) is 2.11. The van der Waals surface area contributed by atoms with Gasteiger partial charge in [-0.2, -0.15) is 0 Å². The highest BCUT2D eigenvalue weighted by atomic mass is 16.5. The molecule has 2 atom stereocenters. The second-order valence-corrected chi connectivity index (χ2v) is 5.44. The molecule has 0 saturated heterocycles. The van der Waals surface area contributed by atoms with E-state index in [2.05, 4.69) is 10.6 Å². The van der Waals surface area contributed by atoms with Crippen molar-refractivity contribution in [2.75, 3.05) is 20.3 Å². The molecule has 1 aromatic carbocycles. The molecule has 5 nitrogen and oxygen atoms in total. The van der Waals surface area contributed by atoms with E-state index in [1.807, 2.05) is 39.0 Å². The summed E-state index contributed by atoms with van der Waals surface area (Å²) in [5, 5.41) is 14.6. The number of amides is 2. The molecule has 2 unspecified atom stereocenters. The summed E-state index contributed by atoms with van der Waals surface area (Å²) in [7, 11) is 1.62. The molecule has 1 aromatic rings. The highest BCUT2D eigenvalue weighted by molar-refractivity contribution is 5.74. The molecule has 0 saturated carbocycles. The van der Waals surface area contributed by atoms with Gasteiger partial charge in [-0.25, -0.2) is 4.79 Å². The number of hydrogen-bond donors (Lipinski definition) is 3. The summed E-state index contributed by atoms with van der Waals surface area (Å²) in [6.45, 7) is 6.61. The summed E-state index contributed by atoms with van der Waals surface area (Å²) in [5.41, 5.74) is 2.08. The molecule has 3 N–H and O–H groups in total. The third kappa shape index (κ3) is 5.63. The van der Waals surface area contributed by atoms with Gasteiger partial charge in [0.05, 0.1) is 13.2 Å². The van der Waals surface area contributed by atoms with Gasteiger partial charge in [-0.1, -0.05) is 24.6 Å². The van der Waals surface area contributed by atoms with Crippen LogP contribution in [-0.4, -0.2) is 31.4 Å². The highest BCUT2D eigenvalue weighted by Crippen LogP contribution is 2.25. The Bertz CT molecular complexity index is 463. The normalized spacial score (nSPS) is 13.4. The first-order valence-electron chi connectivity index (χ1n) is 7.27. The first kappa shape index (κ1) is 17.3. The van der Waals surface area contributed by atoms with E-state index in [0.29, 0.717) is 13.0 Å². The van der Waals surface area contributed by atoms with E-state index < -0.39 is 0 Å². The summed E-state index contributed by atoms with van der Waals surface area (Å²) in [6.07, 6.45) is 0.682. The third-order valence-electron chi connectivity index (χ3n) is 3.43. The van der Waals surface area contributed by atoms with Crippen molar-refractivity contribution >= 4 is 6.03 Å². The zero-order valence-corrected chi connectivity index (χ0v) is 13.3. The lowest BCUT2D eigenvalue weighted by atomic mass is 10.0. The number of methoxy groups -OCH3 is 1. The number of nitrogens with one attached hydrogen (secondary N) is 2. The van der Waals surface area contributed by atoms with Crippen molar-refractivity contribution in [3.8, 4) is 5.75 Å². The largest absolute Gasteiger partial charge is 0.496 e. The fourth-order valence-electron chi connectivity index (χ4n) is 2.11. The molecular weight excluding hydrogens is 268 g/mol. The average Bonchev–Trinajstić information content (AvgIpc) is 2.45. The van der Waals surface area contributed by atoms with Gasteiger partial charge in [0.1, 0.15) is 5.75 Å². The van der Waals surface area contributed by atoms with Gasteiger partial charge in [-0.3, -0.25) is 0 Å². The Hall–Kier alpha value is -1.75. The number of aliphatic hydroxyl groups is 1. The van der Waals surface area contributed by atoms with Gasteiger partial charge in [0.15, 0.2) is 0 Å². The molecule has 0 heterocycles. The minimum Gasteiger partial charge on any atom is -0.496 e. The van der Waals surface area contributed by atoms with Crippen LogP contribution in [0.1, 0.15) is 37.4 Å². The lowest BCUT2D eigenvalue weighted by molar-refractivity contribution is 0.231. The summed E-state index contributed by atoms with van der Waals surface area (Å²) in [6, 6.07) is 5.54. The van der Waals surface area contributed by atoms with E-state index in [1.165, 1.54) is 0 Å². The molecule has 1 rings (SSSR count). The Morgan fingerprint density at radius 3 is 2.71 bits per heavy atom. The first-order valence-corrected chi connectivity index (χ1v) is 7.27. The summed E-state index contributed by atoms with van der Waals surface area (Å²) < 4.78 is 5.33. The third-order valence-corrected chi connectivity index (χ3v) is 3.43. The van der Waals surface area contributed by atoms with Crippen LogP contribution in [0.4, 0.5) is 4.79 Å². The van der Waals surface area contributed by atoms with Crippen molar-refractivity contribution in [3.05, 3.63) is 29.3 Å². The topological polar surface area (TPSA) is 70.6 Å². The molecule has 0 radical (unpaired) electrons. The van der Waals surface area contributed by atoms with Crippen molar-refractivity contribution in [1.82, 2.24) is 10.6 Å². The molecule has 2 amide bonds. The van der Waals surface area contributed by atoms with E-state index in [-0.39, 0.29) is 24.6 Å². The first-order chi connectivity index (χ1) is 9.97. The second kappa shape index (κ2) is 8.52. The fraction of sp³-hybridized carbons (Fsp3) is 0.562. The van der Waals surface area contributed by atoms with Gasteiger partial charge in [0.25, 0.3) is 0 Å². The highest BCUT2D eigenvalue weighted by Gasteiger charge is 2.14. The number of carbonyl (C=O) groups excluding carboxylic acids is 1. The van der Waals surface area contributed by atoms with Crippen LogP contribution in [0.25, 0.3) is 0 Å². The van der Waals surface area contributed by atoms with Gasteiger partial charge in [0, 0.05) is 18.7 Å². The lowest BCUT2D eigenvalue weighted by Gasteiger charge is -2.19. The zero-order valence-electron chi connectivity index (χ0n) is 13.3. The lowest BCUT2D eigenvalue weighted by Crippen LogP contribution is -2.39. The molecule has 0 aliphatic rings. The van der Waals surface area contributed by atoms with Crippen molar-refractivity contribution in [3.63, 3.8) is 0 Å². The van der Waals surface area contributed by atoms with Crippen molar-refractivity contribution in [2.24, 2.45) is 5.92 Å². The molecule has 21 heavy (non-hydrogen) atoms. The Balaban J connectivity index is 2.58. The number of aliphatic hydroxyl groups excluding tert-OH is 1. The number of benzene rings is 1. The molecule has 0 bridgehead atoms. The SMILES string of the molecule is COc1ccc(C)cc1C(C)NC(=O)NCC(C)CCO. The van der Waals surface area contributed by atoms with E-state index in [1.54, 1.807) is 7.11 Å². The number of aryl methyl sites for hydroxylation is 1. The predicted molar refractivity (Wildman–Crippen MR) is 83.5 cm³/mol. The van der Waals surface area contributed by atoms with Crippen LogP contribution in [0.3, 0.4) is 0 Å². The number of rotatable bonds is 7. The van der Waals surface area contributed by atoms with Crippen molar-refractivity contribution < 1.29 is 14.6 Å². The van der Waals surface area contributed by atoms with Gasteiger partial charge in [0.2, 0.25) is 0 Å². The Morgan fingerprint density at radius 2 is 2.10 bits per heavy atom. The molecule has 0 aliphatic carbocycles. The molecule has 0 aromatic heterocycles. The van der Waals surface area contributed by atoms with E-state index in [0.717, 1.165) is 16.9 Å². The maximum absolute atomic E-state index is 11.9.